The van der Waals surface area contributed by atoms with E-state index < -0.39 is 0 Å². The van der Waals surface area contributed by atoms with Crippen LogP contribution in [0, 0.1) is 13.8 Å². The van der Waals surface area contributed by atoms with Crippen LogP contribution in [-0.2, 0) is 9.59 Å². The molecule has 0 aliphatic carbocycles. The first-order valence-corrected chi connectivity index (χ1v) is 8.84. The first-order valence-electron chi connectivity index (χ1n) is 8.84. The Balaban J connectivity index is 1.86. The maximum absolute atomic E-state index is 12.3. The second-order valence-corrected chi connectivity index (χ2v) is 6.48. The van der Waals surface area contributed by atoms with E-state index in [1.165, 1.54) is 19.1 Å². The molecule has 2 aromatic carbocycles. The molecule has 0 aliphatic rings. The summed E-state index contributed by atoms with van der Waals surface area (Å²) >= 11 is 0. The number of likely N-dealkylation sites (N-methyl/N-ethyl adjacent to an activating group) is 1. The zero-order valence-corrected chi connectivity index (χ0v) is 16.5. The Morgan fingerprint density at radius 3 is 2.32 bits per heavy atom. The molecule has 0 saturated heterocycles. The standard InChI is InChI=1S/C21H25N3O4/c1-14-7-5-8-15(2)20(14)23-18(25)13-24(3)19(26)12-22-21(27)16-9-6-10-17(11-16)28-4/h5-11H,12-13H2,1-4H3,(H,22,27)(H,23,25). The summed E-state index contributed by atoms with van der Waals surface area (Å²) in [6.45, 7) is 3.50. The van der Waals surface area contributed by atoms with Crippen molar-refractivity contribution in [2.24, 2.45) is 0 Å². The fourth-order valence-electron chi connectivity index (χ4n) is 2.65. The highest BCUT2D eigenvalue weighted by atomic mass is 16.5. The van der Waals surface area contributed by atoms with Crippen LogP contribution in [0.3, 0.4) is 0 Å². The van der Waals surface area contributed by atoms with Gasteiger partial charge in [-0.2, -0.15) is 0 Å². The van der Waals surface area contributed by atoms with Gasteiger partial charge in [-0.15, -0.1) is 0 Å². The van der Waals surface area contributed by atoms with Gasteiger partial charge in [-0.05, 0) is 43.2 Å². The summed E-state index contributed by atoms with van der Waals surface area (Å²) in [5.41, 5.74) is 3.04. The second-order valence-electron chi connectivity index (χ2n) is 6.48. The fraction of sp³-hybridized carbons (Fsp3) is 0.286. The van der Waals surface area contributed by atoms with E-state index in [1.54, 1.807) is 24.3 Å². The number of carbonyl (C=O) groups excluding carboxylic acids is 3. The minimum absolute atomic E-state index is 0.109. The SMILES string of the molecule is COc1cccc(C(=O)NCC(=O)N(C)CC(=O)Nc2c(C)cccc2C)c1. The summed E-state index contributed by atoms with van der Waals surface area (Å²) in [6.07, 6.45) is 0. The number of para-hydroxylation sites is 1. The molecule has 2 rings (SSSR count). The number of ether oxygens (including phenoxy) is 1. The summed E-state index contributed by atoms with van der Waals surface area (Å²) < 4.78 is 5.08. The molecule has 0 fully saturated rings. The minimum Gasteiger partial charge on any atom is -0.497 e. The van der Waals surface area contributed by atoms with Gasteiger partial charge in [0, 0.05) is 18.3 Å². The lowest BCUT2D eigenvalue weighted by atomic mass is 10.1. The van der Waals surface area contributed by atoms with Gasteiger partial charge >= 0.3 is 0 Å². The van der Waals surface area contributed by atoms with E-state index in [1.807, 2.05) is 32.0 Å². The second kappa shape index (κ2) is 9.55. The van der Waals surface area contributed by atoms with Gasteiger partial charge in [0.2, 0.25) is 11.8 Å². The van der Waals surface area contributed by atoms with Crippen molar-refractivity contribution in [2.45, 2.75) is 13.8 Å². The Labute approximate surface area is 164 Å². The summed E-state index contributed by atoms with van der Waals surface area (Å²) in [4.78, 5) is 37.9. The number of amides is 3. The first kappa shape index (κ1) is 21.0. The van der Waals surface area contributed by atoms with Crippen LogP contribution >= 0.6 is 0 Å². The lowest BCUT2D eigenvalue weighted by Gasteiger charge is -2.18. The molecule has 0 radical (unpaired) electrons. The number of anilines is 1. The molecule has 7 nitrogen and oxygen atoms in total. The van der Waals surface area contributed by atoms with Gasteiger partial charge in [-0.25, -0.2) is 0 Å². The van der Waals surface area contributed by atoms with Gasteiger partial charge in [0.1, 0.15) is 5.75 Å². The van der Waals surface area contributed by atoms with E-state index in [0.717, 1.165) is 16.8 Å². The van der Waals surface area contributed by atoms with E-state index in [9.17, 15) is 14.4 Å². The molecule has 0 spiro atoms. The quantitative estimate of drug-likeness (QED) is 0.767. The first-order chi connectivity index (χ1) is 13.3. The smallest absolute Gasteiger partial charge is 0.251 e. The summed E-state index contributed by atoms with van der Waals surface area (Å²) in [7, 11) is 3.03. The van der Waals surface area contributed by atoms with Crippen molar-refractivity contribution in [2.75, 3.05) is 32.6 Å². The molecule has 0 heterocycles. The topological polar surface area (TPSA) is 87.7 Å². The summed E-state index contributed by atoms with van der Waals surface area (Å²) in [5.74, 6) is -0.500. The molecule has 28 heavy (non-hydrogen) atoms. The highest BCUT2D eigenvalue weighted by molar-refractivity contribution is 5.98. The molecular weight excluding hydrogens is 358 g/mol. The van der Waals surface area contributed by atoms with Gasteiger partial charge in [0.05, 0.1) is 20.2 Å². The van der Waals surface area contributed by atoms with Crippen LogP contribution < -0.4 is 15.4 Å². The molecule has 0 atom stereocenters. The third kappa shape index (κ3) is 5.57. The number of nitrogens with zero attached hydrogens (tertiary/aromatic N) is 1. The lowest BCUT2D eigenvalue weighted by Crippen LogP contribution is -2.41. The number of aryl methyl sites for hydroxylation is 2. The van der Waals surface area contributed by atoms with Crippen LogP contribution in [0.1, 0.15) is 21.5 Å². The van der Waals surface area contributed by atoms with Gasteiger partial charge < -0.3 is 20.3 Å². The van der Waals surface area contributed by atoms with E-state index in [2.05, 4.69) is 10.6 Å². The monoisotopic (exact) mass is 383 g/mol. The van der Waals surface area contributed by atoms with Gasteiger partial charge in [-0.1, -0.05) is 24.3 Å². The lowest BCUT2D eigenvalue weighted by molar-refractivity contribution is -0.132. The van der Waals surface area contributed by atoms with Crippen LogP contribution in [0.4, 0.5) is 5.69 Å². The third-order valence-electron chi connectivity index (χ3n) is 4.28. The molecule has 2 N–H and O–H groups in total. The highest BCUT2D eigenvalue weighted by Crippen LogP contribution is 2.19. The molecule has 0 unspecified atom stereocenters. The maximum atomic E-state index is 12.3. The molecule has 0 aromatic heterocycles. The number of hydrogen-bond acceptors (Lipinski definition) is 4. The van der Waals surface area contributed by atoms with Crippen LogP contribution in [0.5, 0.6) is 5.75 Å². The molecule has 148 valence electrons. The van der Waals surface area contributed by atoms with Crippen molar-refractivity contribution in [3.8, 4) is 5.75 Å². The zero-order chi connectivity index (χ0) is 20.7. The van der Waals surface area contributed by atoms with E-state index >= 15 is 0 Å². The summed E-state index contributed by atoms with van der Waals surface area (Å²) in [5, 5.41) is 5.39. The maximum Gasteiger partial charge on any atom is 0.251 e. The van der Waals surface area contributed by atoms with Crippen LogP contribution in [0.25, 0.3) is 0 Å². The van der Waals surface area contributed by atoms with Crippen molar-refractivity contribution >= 4 is 23.4 Å². The molecule has 0 saturated carbocycles. The van der Waals surface area contributed by atoms with Crippen LogP contribution in [-0.4, -0.2) is 49.9 Å². The third-order valence-corrected chi connectivity index (χ3v) is 4.28. The van der Waals surface area contributed by atoms with E-state index in [0.29, 0.717) is 11.3 Å². The van der Waals surface area contributed by atoms with Gasteiger partial charge in [0.25, 0.3) is 5.91 Å². The molecule has 0 aliphatic heterocycles. The Bertz CT molecular complexity index is 859. The highest BCUT2D eigenvalue weighted by Gasteiger charge is 2.16. The minimum atomic E-state index is -0.388. The number of methoxy groups -OCH3 is 1. The van der Waals surface area contributed by atoms with Crippen molar-refractivity contribution < 1.29 is 19.1 Å². The predicted molar refractivity (Wildman–Crippen MR) is 108 cm³/mol. The van der Waals surface area contributed by atoms with E-state index in [-0.39, 0.29) is 30.8 Å². The van der Waals surface area contributed by atoms with Crippen LogP contribution in [0.2, 0.25) is 0 Å². The number of nitrogens with one attached hydrogen (secondary N) is 2. The molecular formula is C21H25N3O4. The normalized spacial score (nSPS) is 10.1. The predicted octanol–water partition coefficient (Wildman–Crippen LogP) is 2.14. The summed E-state index contributed by atoms with van der Waals surface area (Å²) in [6, 6.07) is 12.4. The number of rotatable bonds is 7. The Hall–Kier alpha value is -3.35. The number of carbonyl (C=O) groups is 3. The van der Waals surface area contributed by atoms with Crippen molar-refractivity contribution in [3.63, 3.8) is 0 Å². The molecule has 7 heteroatoms. The Kier molecular flexibility index (Phi) is 7.14. The molecule has 0 bridgehead atoms. The van der Waals surface area contributed by atoms with Crippen molar-refractivity contribution in [3.05, 3.63) is 59.2 Å². The Morgan fingerprint density at radius 1 is 1.04 bits per heavy atom. The van der Waals surface area contributed by atoms with Crippen molar-refractivity contribution in [1.82, 2.24) is 10.2 Å². The van der Waals surface area contributed by atoms with Crippen LogP contribution in [0.15, 0.2) is 42.5 Å². The number of benzene rings is 2. The van der Waals surface area contributed by atoms with Gasteiger partial charge in [0.15, 0.2) is 0 Å². The molecule has 2 aromatic rings. The largest absolute Gasteiger partial charge is 0.497 e. The van der Waals surface area contributed by atoms with E-state index in [4.69, 9.17) is 4.74 Å². The van der Waals surface area contributed by atoms with Gasteiger partial charge in [-0.3, -0.25) is 14.4 Å². The Morgan fingerprint density at radius 2 is 1.68 bits per heavy atom. The average Bonchev–Trinajstić information content (AvgIpc) is 2.68. The fourth-order valence-corrected chi connectivity index (χ4v) is 2.65. The average molecular weight is 383 g/mol. The number of hydrogen-bond donors (Lipinski definition) is 2. The van der Waals surface area contributed by atoms with Crippen molar-refractivity contribution in [1.29, 1.82) is 0 Å². The molecule has 3 amide bonds. The zero-order valence-electron chi connectivity index (χ0n) is 16.5.